The van der Waals surface area contributed by atoms with Gasteiger partial charge in [-0.15, -0.1) is 23.5 Å². The largest absolute Gasteiger partial charge is 0.497 e. The van der Waals surface area contributed by atoms with Crippen LogP contribution < -0.4 is 15.4 Å². The van der Waals surface area contributed by atoms with Crippen molar-refractivity contribution in [2.24, 2.45) is 5.92 Å². The van der Waals surface area contributed by atoms with Crippen LogP contribution >= 0.6 is 35.7 Å². The molecule has 24 heavy (non-hydrogen) atoms. The maximum Gasteiger partial charge on any atom is 0.167 e. The summed E-state index contributed by atoms with van der Waals surface area (Å²) in [7, 11) is 1.71. The number of hydrogen-bond acceptors (Lipinski definition) is 4. The molecule has 2 saturated heterocycles. The first-order valence-corrected chi connectivity index (χ1v) is 10.8. The van der Waals surface area contributed by atoms with E-state index in [4.69, 9.17) is 17.0 Å². The zero-order valence-electron chi connectivity index (χ0n) is 13.7. The molecular formula is C18H22N2OS3. The van der Waals surface area contributed by atoms with Crippen LogP contribution in [-0.4, -0.2) is 29.8 Å². The molecule has 2 N–H and O–H groups in total. The molecular weight excluding hydrogens is 356 g/mol. The highest BCUT2D eigenvalue weighted by Crippen LogP contribution is 2.47. The molecule has 3 atom stereocenters. The molecule has 3 aliphatic rings. The molecule has 128 valence electrons. The second kappa shape index (κ2) is 7.18. The van der Waals surface area contributed by atoms with E-state index in [0.29, 0.717) is 12.0 Å². The number of benzene rings is 1. The van der Waals surface area contributed by atoms with Gasteiger partial charge in [0.05, 0.1) is 19.2 Å². The molecule has 3 nitrogen and oxygen atoms in total. The Hall–Kier alpha value is -0.850. The first-order valence-electron chi connectivity index (χ1n) is 8.46. The molecule has 6 heteroatoms. The van der Waals surface area contributed by atoms with Crippen molar-refractivity contribution in [1.29, 1.82) is 0 Å². The number of thioether (sulfide) groups is 2. The Kier molecular flexibility index (Phi) is 4.97. The van der Waals surface area contributed by atoms with Crippen molar-refractivity contribution in [2.75, 3.05) is 18.6 Å². The topological polar surface area (TPSA) is 33.3 Å². The van der Waals surface area contributed by atoms with Crippen LogP contribution in [0.1, 0.15) is 30.9 Å². The second-order valence-electron chi connectivity index (χ2n) is 6.41. The van der Waals surface area contributed by atoms with Gasteiger partial charge in [-0.1, -0.05) is 12.1 Å². The molecule has 2 heterocycles. The zero-order chi connectivity index (χ0) is 16.5. The Bertz CT molecular complexity index is 651. The van der Waals surface area contributed by atoms with Crippen molar-refractivity contribution in [3.63, 3.8) is 0 Å². The highest BCUT2D eigenvalue weighted by molar-refractivity contribution is 8.25. The average Bonchev–Trinajstić information content (AvgIpc) is 3.15. The van der Waals surface area contributed by atoms with Gasteiger partial charge in [0.1, 0.15) is 5.75 Å². The third kappa shape index (κ3) is 3.16. The number of nitrogens with one attached hydrogen (secondary N) is 2. The maximum atomic E-state index is 5.54. The van der Waals surface area contributed by atoms with E-state index < -0.39 is 0 Å². The van der Waals surface area contributed by atoms with Crippen LogP contribution in [-0.2, 0) is 0 Å². The number of hydrogen-bond donors (Lipinski definition) is 2. The van der Waals surface area contributed by atoms with Crippen LogP contribution in [0.15, 0.2) is 34.1 Å². The highest BCUT2D eigenvalue weighted by Gasteiger charge is 2.41. The monoisotopic (exact) mass is 378 g/mol. The molecule has 1 aromatic rings. The minimum atomic E-state index is 0.280. The van der Waals surface area contributed by atoms with E-state index in [2.05, 4.69) is 22.8 Å². The van der Waals surface area contributed by atoms with Crippen molar-refractivity contribution >= 4 is 40.9 Å². The highest BCUT2D eigenvalue weighted by atomic mass is 32.2. The number of fused-ring (bicyclic) bond motifs is 1. The molecule has 0 amide bonds. The van der Waals surface area contributed by atoms with Gasteiger partial charge in [-0.3, -0.25) is 0 Å². The summed E-state index contributed by atoms with van der Waals surface area (Å²) >= 11 is 9.60. The van der Waals surface area contributed by atoms with Gasteiger partial charge in [-0.25, -0.2) is 0 Å². The summed E-state index contributed by atoms with van der Waals surface area (Å²) in [6, 6.07) is 9.09. The van der Waals surface area contributed by atoms with Gasteiger partial charge in [0, 0.05) is 21.7 Å². The van der Waals surface area contributed by atoms with Gasteiger partial charge in [0.15, 0.2) is 5.11 Å². The van der Waals surface area contributed by atoms with Crippen molar-refractivity contribution in [2.45, 2.75) is 31.3 Å². The van der Waals surface area contributed by atoms with Crippen molar-refractivity contribution < 1.29 is 4.74 Å². The summed E-state index contributed by atoms with van der Waals surface area (Å²) < 4.78 is 6.85. The van der Waals surface area contributed by atoms with Gasteiger partial charge in [0.25, 0.3) is 0 Å². The lowest BCUT2D eigenvalue weighted by molar-refractivity contribution is 0.259. The summed E-state index contributed by atoms with van der Waals surface area (Å²) in [5, 5.41) is 7.88. The molecule has 0 bridgehead atoms. The number of thiocarbonyl (C=S) groups is 1. The minimum Gasteiger partial charge on any atom is -0.497 e. The third-order valence-electron chi connectivity index (χ3n) is 5.08. The van der Waals surface area contributed by atoms with E-state index in [1.165, 1.54) is 36.3 Å². The van der Waals surface area contributed by atoms with Gasteiger partial charge < -0.3 is 15.4 Å². The lowest BCUT2D eigenvalue weighted by Gasteiger charge is -2.45. The molecule has 3 unspecified atom stereocenters. The van der Waals surface area contributed by atoms with Crippen LogP contribution in [0.25, 0.3) is 0 Å². The maximum absolute atomic E-state index is 5.54. The van der Waals surface area contributed by atoms with Crippen LogP contribution in [0.5, 0.6) is 5.75 Å². The molecule has 0 radical (unpaired) electrons. The normalized spacial score (nSPS) is 29.7. The predicted molar refractivity (Wildman–Crippen MR) is 108 cm³/mol. The fourth-order valence-electron chi connectivity index (χ4n) is 3.96. The van der Waals surface area contributed by atoms with Gasteiger partial charge in [-0.2, -0.15) is 0 Å². The Morgan fingerprint density at radius 2 is 1.79 bits per heavy atom. The van der Waals surface area contributed by atoms with Crippen molar-refractivity contribution in [1.82, 2.24) is 10.6 Å². The number of rotatable bonds is 2. The van der Waals surface area contributed by atoms with E-state index >= 15 is 0 Å². The Labute approximate surface area is 157 Å². The van der Waals surface area contributed by atoms with Crippen LogP contribution in [0.2, 0.25) is 0 Å². The molecule has 4 rings (SSSR count). The summed E-state index contributed by atoms with van der Waals surface area (Å²) in [6.45, 7) is 0. The molecule has 1 aromatic carbocycles. The van der Waals surface area contributed by atoms with Crippen molar-refractivity contribution in [3.8, 4) is 5.75 Å². The van der Waals surface area contributed by atoms with E-state index in [-0.39, 0.29) is 6.04 Å². The zero-order valence-corrected chi connectivity index (χ0v) is 16.2. The molecule has 3 fully saturated rings. The summed E-state index contributed by atoms with van der Waals surface area (Å²) in [5.41, 5.74) is 2.90. The smallest absolute Gasteiger partial charge is 0.167 e. The van der Waals surface area contributed by atoms with Crippen LogP contribution in [0.3, 0.4) is 0 Å². The van der Waals surface area contributed by atoms with Crippen LogP contribution in [0.4, 0.5) is 0 Å². The third-order valence-corrected chi connectivity index (χ3v) is 8.14. The first kappa shape index (κ1) is 16.6. The fraction of sp³-hybridized carbons (Fsp3) is 0.500. The Balaban J connectivity index is 1.65. The Morgan fingerprint density at radius 1 is 1.08 bits per heavy atom. The molecule has 0 aromatic heterocycles. The first-order chi connectivity index (χ1) is 11.8. The van der Waals surface area contributed by atoms with Gasteiger partial charge in [0.2, 0.25) is 0 Å². The summed E-state index contributed by atoms with van der Waals surface area (Å²) in [5.74, 6) is 3.93. The molecule has 0 spiro atoms. The molecule has 2 aliphatic heterocycles. The standard InChI is InChI=1S/C18H22N2OS3/c1-21-12-7-5-11(6-8-12)15-13-3-2-4-14(17-23-9-10-24-17)16(13)20-18(22)19-15/h5-8,13,15-16H,2-4,9-10H2,1H3,(H2,19,20,22). The quantitative estimate of drug-likeness (QED) is 0.755. The minimum absolute atomic E-state index is 0.280. The van der Waals surface area contributed by atoms with Gasteiger partial charge in [-0.05, 0) is 54.7 Å². The fourth-order valence-corrected chi connectivity index (χ4v) is 6.91. The lowest BCUT2D eigenvalue weighted by Crippen LogP contribution is -2.58. The van der Waals surface area contributed by atoms with E-state index in [9.17, 15) is 0 Å². The van der Waals surface area contributed by atoms with E-state index in [0.717, 1.165) is 10.9 Å². The number of methoxy groups -OCH3 is 1. The number of ether oxygens (including phenoxy) is 1. The summed E-state index contributed by atoms with van der Waals surface area (Å²) in [6.07, 6.45) is 3.71. The Morgan fingerprint density at radius 3 is 2.50 bits per heavy atom. The van der Waals surface area contributed by atoms with E-state index in [1.54, 1.807) is 16.9 Å². The van der Waals surface area contributed by atoms with Gasteiger partial charge >= 0.3 is 0 Å². The SMILES string of the molecule is COc1ccc(C2NC(=S)NC3C(=C4SCCS4)CCCC32)cc1. The average molecular weight is 379 g/mol. The molecule has 1 saturated carbocycles. The van der Waals surface area contributed by atoms with Crippen molar-refractivity contribution in [3.05, 3.63) is 39.6 Å². The lowest BCUT2D eigenvalue weighted by atomic mass is 9.74. The predicted octanol–water partition coefficient (Wildman–Crippen LogP) is 4.07. The van der Waals surface area contributed by atoms with E-state index in [1.807, 2.05) is 35.7 Å². The second-order valence-corrected chi connectivity index (χ2v) is 9.29. The van der Waals surface area contributed by atoms with Crippen LogP contribution in [0, 0.1) is 5.92 Å². The summed E-state index contributed by atoms with van der Waals surface area (Å²) in [4.78, 5) is 0. The molecule has 1 aliphatic carbocycles.